The van der Waals surface area contributed by atoms with Crippen LogP contribution in [0.15, 0.2) is 42.5 Å². The number of alkyl halides is 3. The highest BCUT2D eigenvalue weighted by atomic mass is 19.4. The molecular weight excluding hydrogens is 375 g/mol. The molecule has 0 radical (unpaired) electrons. The topological polar surface area (TPSA) is 43.1 Å². The molecule has 164 valence electrons. The van der Waals surface area contributed by atoms with Gasteiger partial charge in [-0.3, -0.25) is 4.79 Å². The minimum atomic E-state index is -4.50. The Hall–Kier alpha value is -1.78. The highest BCUT2D eigenvalue weighted by Gasteiger charge is 2.47. The second-order valence-electron chi connectivity index (χ2n) is 7.75. The maximum atomic E-state index is 13.6. The smallest absolute Gasteiger partial charge is 0.369 e. The van der Waals surface area contributed by atoms with Crippen molar-refractivity contribution in [3.63, 3.8) is 0 Å². The average Bonchev–Trinajstić information content (AvgIpc) is 2.67. The van der Waals surface area contributed by atoms with Crippen molar-refractivity contribution >= 4 is 5.91 Å². The summed E-state index contributed by atoms with van der Waals surface area (Å²) in [6.07, 6.45) is 10.6. The van der Waals surface area contributed by atoms with Gasteiger partial charge in [-0.1, -0.05) is 87.9 Å². The van der Waals surface area contributed by atoms with Gasteiger partial charge in [-0.15, -0.1) is 0 Å². The number of halogens is 3. The molecule has 29 heavy (non-hydrogen) atoms. The summed E-state index contributed by atoms with van der Waals surface area (Å²) >= 11 is 0. The summed E-state index contributed by atoms with van der Waals surface area (Å²) in [6.45, 7) is 2.20. The summed E-state index contributed by atoms with van der Waals surface area (Å²) in [4.78, 5) is 11.8. The molecule has 2 unspecified atom stereocenters. The van der Waals surface area contributed by atoms with Crippen LogP contribution in [0, 0.1) is 5.92 Å². The van der Waals surface area contributed by atoms with E-state index in [-0.39, 0.29) is 12.0 Å². The van der Waals surface area contributed by atoms with Crippen molar-refractivity contribution in [2.24, 2.45) is 11.7 Å². The number of unbranched alkanes of at least 4 members (excludes halogenated alkanes) is 8. The molecule has 0 spiro atoms. The Morgan fingerprint density at radius 1 is 0.931 bits per heavy atom. The summed E-state index contributed by atoms with van der Waals surface area (Å²) in [5.74, 6) is -3.93. The molecule has 0 fully saturated rings. The van der Waals surface area contributed by atoms with E-state index in [1.165, 1.54) is 37.8 Å². The molecule has 2 atom stereocenters. The third-order valence-corrected chi connectivity index (χ3v) is 5.31. The van der Waals surface area contributed by atoms with E-state index >= 15 is 0 Å². The SMILES string of the molecule is CCCCCC/C=C\CCCCCCC(C(N)=O)C(c1ccccc1)C(F)(F)F. The summed E-state index contributed by atoms with van der Waals surface area (Å²) in [5, 5.41) is 0. The third-order valence-electron chi connectivity index (χ3n) is 5.31. The van der Waals surface area contributed by atoms with Gasteiger partial charge in [0.15, 0.2) is 0 Å². The van der Waals surface area contributed by atoms with Crippen LogP contribution in [-0.2, 0) is 4.79 Å². The largest absolute Gasteiger partial charge is 0.396 e. The average molecular weight is 412 g/mol. The first-order chi connectivity index (χ1) is 13.9. The number of nitrogens with two attached hydrogens (primary N) is 1. The molecule has 0 heterocycles. The lowest BCUT2D eigenvalue weighted by atomic mass is 9.81. The van der Waals surface area contributed by atoms with E-state index in [9.17, 15) is 18.0 Å². The lowest BCUT2D eigenvalue weighted by Crippen LogP contribution is -2.36. The minimum absolute atomic E-state index is 0.105. The van der Waals surface area contributed by atoms with Gasteiger partial charge in [0.1, 0.15) is 0 Å². The number of carbonyl (C=O) groups is 1. The zero-order valence-electron chi connectivity index (χ0n) is 17.6. The third kappa shape index (κ3) is 10.5. The molecule has 0 bridgehead atoms. The van der Waals surface area contributed by atoms with Gasteiger partial charge in [-0.2, -0.15) is 13.2 Å². The van der Waals surface area contributed by atoms with Crippen LogP contribution in [0.1, 0.15) is 89.0 Å². The molecule has 2 N–H and O–H groups in total. The number of hydrogen-bond donors (Lipinski definition) is 1. The number of rotatable bonds is 15. The molecule has 0 saturated carbocycles. The first-order valence-corrected chi connectivity index (χ1v) is 10.9. The predicted octanol–water partition coefficient (Wildman–Crippen LogP) is 7.30. The lowest BCUT2D eigenvalue weighted by Gasteiger charge is -2.27. The van der Waals surface area contributed by atoms with Crippen molar-refractivity contribution in [3.05, 3.63) is 48.0 Å². The van der Waals surface area contributed by atoms with E-state index in [0.717, 1.165) is 32.1 Å². The normalized spacial score (nSPS) is 14.2. The van der Waals surface area contributed by atoms with Crippen LogP contribution >= 0.6 is 0 Å². The summed E-state index contributed by atoms with van der Waals surface area (Å²) in [6, 6.07) is 7.62. The zero-order chi connectivity index (χ0) is 21.5. The standard InChI is InChI=1S/C24H36F3NO/c1-2-3-4-5-6-7-8-9-10-11-12-16-19-21(23(28)29)22(24(25,26)27)20-17-14-13-15-18-20/h7-8,13-15,17-18,21-22H,2-6,9-12,16,19H2,1H3,(H2,28,29)/b8-7-. The summed E-state index contributed by atoms with van der Waals surface area (Å²) < 4.78 is 40.9. The number of carbonyl (C=O) groups excluding carboxylic acids is 1. The molecule has 0 aliphatic carbocycles. The van der Waals surface area contributed by atoms with Crippen molar-refractivity contribution in [2.75, 3.05) is 0 Å². The van der Waals surface area contributed by atoms with Crippen LogP contribution < -0.4 is 5.73 Å². The van der Waals surface area contributed by atoms with Gasteiger partial charge in [0.2, 0.25) is 5.91 Å². The highest BCUT2D eigenvalue weighted by Crippen LogP contribution is 2.42. The molecule has 1 rings (SSSR count). The molecule has 1 aromatic carbocycles. The Labute approximate surface area is 173 Å². The van der Waals surface area contributed by atoms with Gasteiger partial charge in [0.25, 0.3) is 0 Å². The van der Waals surface area contributed by atoms with Gasteiger partial charge in [-0.25, -0.2) is 0 Å². The molecule has 0 aliphatic heterocycles. The molecule has 1 aromatic rings. The van der Waals surface area contributed by atoms with Crippen LogP contribution in [0.3, 0.4) is 0 Å². The first-order valence-electron chi connectivity index (χ1n) is 10.9. The van der Waals surface area contributed by atoms with E-state index in [4.69, 9.17) is 5.73 Å². The molecule has 0 saturated heterocycles. The summed E-state index contributed by atoms with van der Waals surface area (Å²) in [5.41, 5.74) is 5.47. The van der Waals surface area contributed by atoms with Crippen molar-refractivity contribution < 1.29 is 18.0 Å². The monoisotopic (exact) mass is 411 g/mol. The molecule has 0 aliphatic rings. The quantitative estimate of drug-likeness (QED) is 0.239. The van der Waals surface area contributed by atoms with Crippen LogP contribution in [-0.4, -0.2) is 12.1 Å². The Morgan fingerprint density at radius 2 is 1.48 bits per heavy atom. The summed E-state index contributed by atoms with van der Waals surface area (Å²) in [7, 11) is 0. The van der Waals surface area contributed by atoms with Crippen LogP contribution in [0.5, 0.6) is 0 Å². The number of allylic oxidation sites excluding steroid dienone is 2. The van der Waals surface area contributed by atoms with Gasteiger partial charge < -0.3 is 5.73 Å². The van der Waals surface area contributed by atoms with Crippen LogP contribution in [0.2, 0.25) is 0 Å². The fraction of sp³-hybridized carbons (Fsp3) is 0.625. The first kappa shape index (κ1) is 25.3. The van der Waals surface area contributed by atoms with Gasteiger partial charge in [0, 0.05) is 0 Å². The molecule has 1 amide bonds. The highest BCUT2D eigenvalue weighted by molar-refractivity contribution is 5.78. The fourth-order valence-corrected chi connectivity index (χ4v) is 3.69. The van der Waals surface area contributed by atoms with Gasteiger partial charge in [-0.05, 0) is 37.7 Å². The maximum Gasteiger partial charge on any atom is 0.396 e. The van der Waals surface area contributed by atoms with Crippen molar-refractivity contribution in [2.45, 2.75) is 89.6 Å². The number of hydrogen-bond acceptors (Lipinski definition) is 1. The zero-order valence-corrected chi connectivity index (χ0v) is 17.6. The van der Waals surface area contributed by atoms with Crippen molar-refractivity contribution in [3.8, 4) is 0 Å². The second kappa shape index (κ2) is 14.2. The number of benzene rings is 1. The lowest BCUT2D eigenvalue weighted by molar-refractivity contribution is -0.168. The van der Waals surface area contributed by atoms with Crippen LogP contribution in [0.4, 0.5) is 13.2 Å². The van der Waals surface area contributed by atoms with Crippen LogP contribution in [0.25, 0.3) is 0 Å². The van der Waals surface area contributed by atoms with E-state index in [0.29, 0.717) is 6.42 Å². The van der Waals surface area contributed by atoms with Gasteiger partial charge in [0.05, 0.1) is 11.8 Å². The van der Waals surface area contributed by atoms with Crippen molar-refractivity contribution in [1.29, 1.82) is 0 Å². The van der Waals surface area contributed by atoms with E-state index in [1.54, 1.807) is 18.2 Å². The van der Waals surface area contributed by atoms with Gasteiger partial charge >= 0.3 is 6.18 Å². The Morgan fingerprint density at radius 3 is 2.00 bits per heavy atom. The number of amides is 1. The van der Waals surface area contributed by atoms with E-state index in [2.05, 4.69) is 19.1 Å². The predicted molar refractivity (Wildman–Crippen MR) is 114 cm³/mol. The molecular formula is C24H36F3NO. The number of primary amides is 1. The Bertz CT molecular complexity index is 584. The Balaban J connectivity index is 2.39. The molecule has 5 heteroatoms. The Kier molecular flexibility index (Phi) is 12.4. The maximum absolute atomic E-state index is 13.6. The van der Waals surface area contributed by atoms with E-state index in [1.807, 2.05) is 0 Å². The molecule has 0 aromatic heterocycles. The van der Waals surface area contributed by atoms with Crippen molar-refractivity contribution in [1.82, 2.24) is 0 Å². The van der Waals surface area contributed by atoms with E-state index < -0.39 is 23.9 Å². The second-order valence-corrected chi connectivity index (χ2v) is 7.75. The fourth-order valence-electron chi connectivity index (χ4n) is 3.69. The molecule has 2 nitrogen and oxygen atoms in total. The minimum Gasteiger partial charge on any atom is -0.369 e.